The number of aliphatic hydroxyl groups is 6. The van der Waals surface area contributed by atoms with Crippen LogP contribution in [0.15, 0.2) is 12.2 Å². The summed E-state index contributed by atoms with van der Waals surface area (Å²) in [6.45, 7) is 9.97. The van der Waals surface area contributed by atoms with E-state index < -0.39 is 67.0 Å². The molecule has 3 saturated carbocycles. The summed E-state index contributed by atoms with van der Waals surface area (Å²) in [7, 11) is 0. The van der Waals surface area contributed by atoms with Gasteiger partial charge in [0.2, 0.25) is 0 Å². The van der Waals surface area contributed by atoms with Crippen LogP contribution in [0.4, 0.5) is 0 Å². The Kier molecular flexibility index (Phi) is 8.67. The van der Waals surface area contributed by atoms with E-state index in [2.05, 4.69) is 26.0 Å². The molecule has 6 rings (SSSR count). The zero-order valence-electron chi connectivity index (χ0n) is 26.3. The Bertz CT molecular complexity index is 1030. The molecule has 0 radical (unpaired) electrons. The average molecular weight is 611 g/mol. The molecule has 4 aliphatic carbocycles. The van der Waals surface area contributed by atoms with E-state index in [9.17, 15) is 30.6 Å². The molecule has 0 aromatic rings. The van der Waals surface area contributed by atoms with Gasteiger partial charge in [-0.05, 0) is 94.8 Å². The predicted molar refractivity (Wildman–Crippen MR) is 155 cm³/mol. The van der Waals surface area contributed by atoms with Gasteiger partial charge < -0.3 is 49.6 Å². The minimum absolute atomic E-state index is 0.0987. The van der Waals surface area contributed by atoms with Crippen molar-refractivity contribution >= 4 is 0 Å². The molecule has 2 saturated heterocycles. The zero-order valence-corrected chi connectivity index (χ0v) is 26.3. The number of hydrogen-bond acceptors (Lipinski definition) is 10. The van der Waals surface area contributed by atoms with Crippen LogP contribution in [0.1, 0.15) is 86.0 Å². The van der Waals surface area contributed by atoms with Gasteiger partial charge in [-0.2, -0.15) is 0 Å². The van der Waals surface area contributed by atoms with Crippen molar-refractivity contribution in [1.82, 2.24) is 0 Å². The summed E-state index contributed by atoms with van der Waals surface area (Å²) >= 11 is 0. The van der Waals surface area contributed by atoms with E-state index >= 15 is 0 Å². The van der Waals surface area contributed by atoms with E-state index in [-0.39, 0.29) is 23.4 Å². The first kappa shape index (κ1) is 32.3. The van der Waals surface area contributed by atoms with Gasteiger partial charge in [0.25, 0.3) is 0 Å². The first-order valence-corrected chi connectivity index (χ1v) is 16.6. The third-order valence-corrected chi connectivity index (χ3v) is 13.2. The molecule has 246 valence electrons. The normalized spacial score (nSPS) is 57.5. The maximum absolute atomic E-state index is 12.3. The van der Waals surface area contributed by atoms with Crippen LogP contribution < -0.4 is 0 Å². The monoisotopic (exact) mass is 610 g/mol. The quantitative estimate of drug-likeness (QED) is 0.254. The lowest BCUT2D eigenvalue weighted by molar-refractivity contribution is -0.308. The molecule has 18 atom stereocenters. The van der Waals surface area contributed by atoms with Crippen LogP contribution >= 0.6 is 0 Å². The summed E-state index contributed by atoms with van der Waals surface area (Å²) in [5.41, 5.74) is -1.25. The third-order valence-electron chi connectivity index (χ3n) is 13.2. The third kappa shape index (κ3) is 5.16. The van der Waals surface area contributed by atoms with Crippen LogP contribution in [0.2, 0.25) is 0 Å². The molecule has 5 fully saturated rings. The van der Waals surface area contributed by atoms with Gasteiger partial charge >= 0.3 is 0 Å². The lowest BCUT2D eigenvalue weighted by Crippen LogP contribution is -2.60. The summed E-state index contributed by atoms with van der Waals surface area (Å²) in [6, 6.07) is 0. The maximum atomic E-state index is 12.3. The van der Waals surface area contributed by atoms with Crippen LogP contribution in [0.25, 0.3) is 0 Å². The topological polar surface area (TPSA) is 158 Å². The molecule has 0 bridgehead atoms. The molecule has 6 N–H and O–H groups in total. The molecule has 2 aliphatic heterocycles. The van der Waals surface area contributed by atoms with Gasteiger partial charge in [-0.3, -0.25) is 0 Å². The van der Waals surface area contributed by atoms with Crippen molar-refractivity contribution in [3.63, 3.8) is 0 Å². The van der Waals surface area contributed by atoms with E-state index in [1.54, 1.807) is 13.8 Å². The molecule has 0 aromatic heterocycles. The highest BCUT2D eigenvalue weighted by Crippen LogP contribution is 2.67. The summed E-state index contributed by atoms with van der Waals surface area (Å²) in [5, 5.41) is 63.4. The van der Waals surface area contributed by atoms with Gasteiger partial charge in [0, 0.05) is 11.8 Å². The van der Waals surface area contributed by atoms with E-state index in [1.165, 1.54) is 0 Å². The first-order chi connectivity index (χ1) is 20.2. The number of aliphatic hydroxyl groups excluding tert-OH is 5. The van der Waals surface area contributed by atoms with Crippen LogP contribution in [0.5, 0.6) is 0 Å². The summed E-state index contributed by atoms with van der Waals surface area (Å²) in [6.07, 6.45) is 2.08. The van der Waals surface area contributed by atoms with Gasteiger partial charge in [0.15, 0.2) is 12.6 Å². The lowest BCUT2D eigenvalue weighted by atomic mass is 9.46. The second-order valence-electron chi connectivity index (χ2n) is 15.3. The van der Waals surface area contributed by atoms with Gasteiger partial charge in [0.1, 0.15) is 24.4 Å². The maximum Gasteiger partial charge on any atom is 0.186 e. The predicted octanol–water partition coefficient (Wildman–Crippen LogP) is 2.01. The molecule has 3 unspecified atom stereocenters. The van der Waals surface area contributed by atoms with Crippen LogP contribution in [0, 0.1) is 34.5 Å². The number of fused-ring (bicyclic) bond motifs is 5. The number of allylic oxidation sites excluding steroid dienone is 2. The second-order valence-corrected chi connectivity index (χ2v) is 15.3. The molecule has 0 aromatic carbocycles. The Morgan fingerprint density at radius 3 is 2.21 bits per heavy atom. The van der Waals surface area contributed by atoms with Gasteiger partial charge in [-0.25, -0.2) is 0 Å². The van der Waals surface area contributed by atoms with Crippen molar-refractivity contribution in [2.24, 2.45) is 34.5 Å². The number of hydrogen-bond donors (Lipinski definition) is 6. The molecule has 6 aliphatic rings. The highest BCUT2D eigenvalue weighted by Gasteiger charge is 2.66. The molecule has 10 heteroatoms. The van der Waals surface area contributed by atoms with Crippen molar-refractivity contribution in [1.29, 1.82) is 0 Å². The summed E-state index contributed by atoms with van der Waals surface area (Å²) < 4.78 is 24.1. The molecule has 0 amide bonds. The smallest absolute Gasteiger partial charge is 0.186 e. The number of ether oxygens (including phenoxy) is 4. The largest absolute Gasteiger partial charge is 0.390 e. The van der Waals surface area contributed by atoms with Crippen LogP contribution in [-0.4, -0.2) is 104 Å². The van der Waals surface area contributed by atoms with Gasteiger partial charge in [0.05, 0.1) is 36.1 Å². The molecule has 10 nitrogen and oxygen atoms in total. The Morgan fingerprint density at radius 2 is 1.49 bits per heavy atom. The van der Waals surface area contributed by atoms with Crippen LogP contribution in [-0.2, 0) is 18.9 Å². The molecule has 43 heavy (non-hydrogen) atoms. The molecular weight excluding hydrogens is 556 g/mol. The number of rotatable bonds is 5. The Morgan fingerprint density at radius 1 is 0.791 bits per heavy atom. The highest BCUT2D eigenvalue weighted by atomic mass is 16.7. The second kappa shape index (κ2) is 11.5. The zero-order chi connectivity index (χ0) is 31.1. The molecular formula is C33H54O10. The van der Waals surface area contributed by atoms with Gasteiger partial charge in [-0.15, -0.1) is 0 Å². The fourth-order valence-electron chi connectivity index (χ4n) is 10.2. The van der Waals surface area contributed by atoms with Crippen molar-refractivity contribution in [2.45, 2.75) is 159 Å². The molecule has 2 heterocycles. The Hall–Kier alpha value is -0.660. The Labute approximate surface area is 255 Å². The van der Waals surface area contributed by atoms with E-state index in [4.69, 9.17) is 18.9 Å². The molecule has 0 spiro atoms. The van der Waals surface area contributed by atoms with E-state index in [0.717, 1.165) is 38.5 Å². The average Bonchev–Trinajstić information content (AvgIpc) is 3.25. The lowest BCUT2D eigenvalue weighted by Gasteiger charge is -2.60. The van der Waals surface area contributed by atoms with Gasteiger partial charge in [-0.1, -0.05) is 26.0 Å². The van der Waals surface area contributed by atoms with E-state index in [1.807, 2.05) is 6.92 Å². The first-order valence-electron chi connectivity index (χ1n) is 16.6. The Balaban J connectivity index is 1.13. The van der Waals surface area contributed by atoms with E-state index in [0.29, 0.717) is 30.1 Å². The fraction of sp³-hybridized carbons (Fsp3) is 0.939. The fourth-order valence-corrected chi connectivity index (χ4v) is 10.2. The highest BCUT2D eigenvalue weighted by molar-refractivity contribution is 5.21. The minimum Gasteiger partial charge on any atom is -0.390 e. The van der Waals surface area contributed by atoms with Crippen LogP contribution in [0.3, 0.4) is 0 Å². The summed E-state index contributed by atoms with van der Waals surface area (Å²) in [4.78, 5) is 0. The SMILES string of the molecule is CC(O[C@H]1C[C@@H](O)[C@H](O)[C@@H](C)O1)[C@@]1(O)CC[C@H]2[C@@H]3C=CC4CC(O[C@@H]5O[C@H](C)[C@H](O)[C@H](O)[C@H]5O)CC[C@]4(C)[C@H]3CC[C@@]21C. The minimum atomic E-state index is -1.30. The van der Waals surface area contributed by atoms with Crippen molar-refractivity contribution in [3.05, 3.63) is 12.2 Å². The van der Waals surface area contributed by atoms with Crippen molar-refractivity contribution in [2.75, 3.05) is 0 Å². The summed E-state index contributed by atoms with van der Waals surface area (Å²) in [5.74, 6) is 1.50. The van der Waals surface area contributed by atoms with Crippen molar-refractivity contribution < 1.29 is 49.6 Å². The standard InChI is InChI=1S/C33H54O10/c1-16-26(35)24(34)15-25(40-16)42-18(3)33(39)13-10-23-21-7-6-19-14-20(43-30-29(38)28(37)27(36)17(2)41-30)8-11-31(19,4)22(21)9-12-32(23,33)5/h6-7,16-30,34-39H,8-15H2,1-5H3/t16-,17-,18?,19?,20?,21-,22+,23+,24-,25+,26-,27+,28+,29-,30+,31+,32+,33+/m1/s1. The van der Waals surface area contributed by atoms with Crippen molar-refractivity contribution in [3.8, 4) is 0 Å².